The largest absolute Gasteiger partial charge is 0.478 e. The summed E-state index contributed by atoms with van der Waals surface area (Å²) < 4.78 is 0. The maximum absolute atomic E-state index is 10.4. The maximum atomic E-state index is 10.4. The van der Waals surface area contributed by atoms with Gasteiger partial charge >= 0.3 is 5.97 Å². The van der Waals surface area contributed by atoms with Crippen molar-refractivity contribution in [1.29, 1.82) is 0 Å². The molecule has 3 unspecified atom stereocenters. The van der Waals surface area contributed by atoms with Crippen LogP contribution in [0.1, 0.15) is 6.42 Å². The first-order chi connectivity index (χ1) is 5.52. The summed E-state index contributed by atoms with van der Waals surface area (Å²) >= 11 is 0. The number of carboxylic acids is 1. The van der Waals surface area contributed by atoms with Crippen molar-refractivity contribution in [3.05, 3.63) is 11.6 Å². The van der Waals surface area contributed by atoms with Gasteiger partial charge in [0.15, 0.2) is 0 Å². The normalized spacial score (nSPS) is 35.9. The van der Waals surface area contributed by atoms with Gasteiger partial charge in [0.05, 0.1) is 6.10 Å². The lowest BCUT2D eigenvalue weighted by atomic mass is 9.91. The van der Waals surface area contributed by atoms with Gasteiger partial charge < -0.3 is 21.1 Å². The first-order valence-electron chi connectivity index (χ1n) is 3.58. The van der Waals surface area contributed by atoms with Gasteiger partial charge in [-0.2, -0.15) is 0 Å². The summed E-state index contributed by atoms with van der Waals surface area (Å²) in [4.78, 5) is 10.4. The van der Waals surface area contributed by atoms with Gasteiger partial charge in [-0.15, -0.1) is 0 Å². The second-order valence-corrected chi connectivity index (χ2v) is 2.85. The molecule has 0 aromatic heterocycles. The Morgan fingerprint density at radius 3 is 2.58 bits per heavy atom. The zero-order valence-electron chi connectivity index (χ0n) is 6.34. The standard InChI is InChI=1S/C7H11NO4/c8-4-1-3(7(11)12)2-5(9)6(4)10/h2,4-6,9-10H,1,8H2,(H,11,12). The molecule has 0 aromatic carbocycles. The second kappa shape index (κ2) is 3.22. The quantitative estimate of drug-likeness (QED) is 0.384. The Kier molecular flexibility index (Phi) is 2.46. The number of nitrogens with two attached hydrogens (primary N) is 1. The van der Waals surface area contributed by atoms with Crippen LogP contribution < -0.4 is 5.73 Å². The molecule has 0 aromatic rings. The van der Waals surface area contributed by atoms with Gasteiger partial charge in [-0.25, -0.2) is 4.79 Å². The number of carbonyl (C=O) groups is 1. The van der Waals surface area contributed by atoms with Gasteiger partial charge in [0.1, 0.15) is 6.10 Å². The average Bonchev–Trinajstić information content (AvgIpc) is 1.99. The Hall–Kier alpha value is -0.910. The van der Waals surface area contributed by atoms with Crippen LogP contribution in [0.4, 0.5) is 0 Å². The fraction of sp³-hybridized carbons (Fsp3) is 0.571. The van der Waals surface area contributed by atoms with E-state index in [0.29, 0.717) is 0 Å². The number of aliphatic hydroxyl groups is 2. The molecule has 0 amide bonds. The van der Waals surface area contributed by atoms with Crippen LogP contribution >= 0.6 is 0 Å². The average molecular weight is 173 g/mol. The molecule has 0 fully saturated rings. The van der Waals surface area contributed by atoms with E-state index in [4.69, 9.17) is 21.1 Å². The van der Waals surface area contributed by atoms with Gasteiger partial charge in [0.25, 0.3) is 0 Å². The Morgan fingerprint density at radius 1 is 1.58 bits per heavy atom. The zero-order chi connectivity index (χ0) is 9.30. The van der Waals surface area contributed by atoms with Gasteiger partial charge in [0, 0.05) is 11.6 Å². The van der Waals surface area contributed by atoms with Crippen LogP contribution in [-0.4, -0.2) is 39.5 Å². The van der Waals surface area contributed by atoms with Crippen LogP contribution in [0.2, 0.25) is 0 Å². The summed E-state index contributed by atoms with van der Waals surface area (Å²) in [5.74, 6) is -1.10. The molecule has 0 aliphatic heterocycles. The molecule has 0 saturated heterocycles. The molecule has 0 saturated carbocycles. The number of hydrogen-bond donors (Lipinski definition) is 4. The van der Waals surface area contributed by atoms with Crippen LogP contribution in [0.25, 0.3) is 0 Å². The van der Waals surface area contributed by atoms with E-state index in [1.54, 1.807) is 0 Å². The third-order valence-corrected chi connectivity index (χ3v) is 1.89. The highest BCUT2D eigenvalue weighted by atomic mass is 16.4. The van der Waals surface area contributed by atoms with E-state index in [2.05, 4.69) is 0 Å². The Labute approximate surface area is 69.1 Å². The Bertz CT molecular complexity index is 225. The summed E-state index contributed by atoms with van der Waals surface area (Å²) in [5.41, 5.74) is 5.44. The first-order valence-corrected chi connectivity index (χ1v) is 3.58. The van der Waals surface area contributed by atoms with Crippen molar-refractivity contribution in [1.82, 2.24) is 0 Å². The molecule has 12 heavy (non-hydrogen) atoms. The molecule has 0 bridgehead atoms. The van der Waals surface area contributed by atoms with Crippen LogP contribution in [0.3, 0.4) is 0 Å². The van der Waals surface area contributed by atoms with Gasteiger partial charge in [-0.3, -0.25) is 0 Å². The van der Waals surface area contributed by atoms with E-state index in [1.165, 1.54) is 0 Å². The van der Waals surface area contributed by atoms with Crippen LogP contribution in [0, 0.1) is 0 Å². The molecule has 5 heteroatoms. The van der Waals surface area contributed by atoms with Gasteiger partial charge in [0.2, 0.25) is 0 Å². The molecule has 0 heterocycles. The van der Waals surface area contributed by atoms with Crippen molar-refractivity contribution in [3.8, 4) is 0 Å². The number of rotatable bonds is 1. The highest BCUT2D eigenvalue weighted by molar-refractivity contribution is 5.87. The molecular weight excluding hydrogens is 162 g/mol. The van der Waals surface area contributed by atoms with E-state index in [9.17, 15) is 4.79 Å². The summed E-state index contributed by atoms with van der Waals surface area (Å²) in [5, 5.41) is 26.8. The van der Waals surface area contributed by atoms with Crippen molar-refractivity contribution in [2.24, 2.45) is 5.73 Å². The van der Waals surface area contributed by atoms with Crippen molar-refractivity contribution < 1.29 is 20.1 Å². The third-order valence-electron chi connectivity index (χ3n) is 1.89. The summed E-state index contributed by atoms with van der Waals surface area (Å²) in [6.45, 7) is 0. The van der Waals surface area contributed by atoms with Crippen molar-refractivity contribution >= 4 is 5.97 Å². The molecule has 1 aliphatic rings. The molecule has 5 nitrogen and oxygen atoms in total. The third kappa shape index (κ3) is 1.63. The molecule has 68 valence electrons. The number of aliphatic carboxylic acids is 1. The minimum Gasteiger partial charge on any atom is -0.478 e. The monoisotopic (exact) mass is 173 g/mol. The number of carboxylic acid groups (broad SMARTS) is 1. The molecule has 0 spiro atoms. The van der Waals surface area contributed by atoms with Crippen molar-refractivity contribution in [2.45, 2.75) is 24.7 Å². The number of aliphatic hydroxyl groups excluding tert-OH is 2. The van der Waals surface area contributed by atoms with Crippen molar-refractivity contribution in [2.75, 3.05) is 0 Å². The topological polar surface area (TPSA) is 104 Å². The van der Waals surface area contributed by atoms with Crippen LogP contribution in [0.5, 0.6) is 0 Å². The smallest absolute Gasteiger partial charge is 0.331 e. The Balaban J connectivity index is 2.81. The van der Waals surface area contributed by atoms with E-state index < -0.39 is 24.2 Å². The molecule has 5 N–H and O–H groups in total. The highest BCUT2D eigenvalue weighted by Crippen LogP contribution is 2.17. The Morgan fingerprint density at radius 2 is 2.17 bits per heavy atom. The molecule has 1 aliphatic carbocycles. The second-order valence-electron chi connectivity index (χ2n) is 2.85. The van der Waals surface area contributed by atoms with E-state index in [0.717, 1.165) is 6.08 Å². The highest BCUT2D eigenvalue weighted by Gasteiger charge is 2.30. The minimum absolute atomic E-state index is 0.0558. The van der Waals surface area contributed by atoms with Gasteiger partial charge in [-0.05, 0) is 12.5 Å². The van der Waals surface area contributed by atoms with Crippen molar-refractivity contribution in [3.63, 3.8) is 0 Å². The summed E-state index contributed by atoms with van der Waals surface area (Å²) in [7, 11) is 0. The summed E-state index contributed by atoms with van der Waals surface area (Å²) in [6.07, 6.45) is -1.02. The number of hydrogen-bond acceptors (Lipinski definition) is 4. The molecule has 3 atom stereocenters. The molecule has 1 rings (SSSR count). The predicted molar refractivity (Wildman–Crippen MR) is 40.3 cm³/mol. The van der Waals surface area contributed by atoms with E-state index in [-0.39, 0.29) is 12.0 Å². The lowest BCUT2D eigenvalue weighted by molar-refractivity contribution is -0.133. The molecule has 0 radical (unpaired) electrons. The maximum Gasteiger partial charge on any atom is 0.331 e. The fourth-order valence-electron chi connectivity index (χ4n) is 1.16. The molecular formula is C7H11NO4. The minimum atomic E-state index is -1.17. The summed E-state index contributed by atoms with van der Waals surface area (Å²) in [6, 6.07) is -0.698. The first kappa shape index (κ1) is 9.18. The predicted octanol–water partition coefficient (Wildman–Crippen LogP) is -1.55. The lowest BCUT2D eigenvalue weighted by Crippen LogP contribution is -2.46. The lowest BCUT2D eigenvalue weighted by Gasteiger charge is -2.26. The van der Waals surface area contributed by atoms with Gasteiger partial charge in [-0.1, -0.05) is 0 Å². The van der Waals surface area contributed by atoms with Crippen LogP contribution in [-0.2, 0) is 4.79 Å². The SMILES string of the molecule is NC1CC(C(=O)O)=CC(O)C1O. The fourth-order valence-corrected chi connectivity index (χ4v) is 1.16. The van der Waals surface area contributed by atoms with E-state index >= 15 is 0 Å². The van der Waals surface area contributed by atoms with Crippen LogP contribution in [0.15, 0.2) is 11.6 Å². The zero-order valence-corrected chi connectivity index (χ0v) is 6.34. The van der Waals surface area contributed by atoms with E-state index in [1.807, 2.05) is 0 Å².